The van der Waals surface area contributed by atoms with Crippen LogP contribution in [0.3, 0.4) is 0 Å². The van der Waals surface area contributed by atoms with Crippen LogP contribution in [0.2, 0.25) is 0 Å². The Hall–Kier alpha value is -6.90. The van der Waals surface area contributed by atoms with E-state index >= 15 is 0 Å². The molecule has 0 atom stereocenters. The molecule has 0 saturated heterocycles. The zero-order chi connectivity index (χ0) is 34.4. The lowest BCUT2D eigenvalue weighted by Crippen LogP contribution is -1.98. The van der Waals surface area contributed by atoms with Crippen molar-refractivity contribution in [1.82, 2.24) is 9.97 Å². The van der Waals surface area contributed by atoms with Gasteiger partial charge in [-0.15, -0.1) is 0 Å². The number of aromatic nitrogens is 2. The Morgan fingerprint density at radius 1 is 0.269 bits per heavy atom. The molecule has 0 amide bonds. The van der Waals surface area contributed by atoms with Crippen molar-refractivity contribution in [2.45, 2.75) is 0 Å². The number of hydrogen-bond donors (Lipinski definition) is 0. The van der Waals surface area contributed by atoms with Gasteiger partial charge in [0.1, 0.15) is 0 Å². The minimum atomic E-state index is 0.715. The highest BCUT2D eigenvalue weighted by Gasteiger charge is 2.18. The van der Waals surface area contributed by atoms with Crippen LogP contribution in [-0.2, 0) is 0 Å². The first-order chi connectivity index (χ1) is 25.8. The van der Waals surface area contributed by atoms with Gasteiger partial charge in [0.05, 0.1) is 11.4 Å². The van der Waals surface area contributed by atoms with Gasteiger partial charge in [-0.1, -0.05) is 176 Å². The number of benzene rings is 9. The number of nitrogens with zero attached hydrogens (tertiary/aromatic N) is 2. The zero-order valence-corrected chi connectivity index (χ0v) is 28.4. The van der Waals surface area contributed by atoms with Gasteiger partial charge in [-0.25, -0.2) is 9.97 Å². The fourth-order valence-corrected chi connectivity index (χ4v) is 7.70. The lowest BCUT2D eigenvalue weighted by atomic mass is 9.92. The lowest BCUT2D eigenvalue weighted by molar-refractivity contribution is 1.19. The predicted molar refractivity (Wildman–Crippen MR) is 219 cm³/mol. The molecule has 0 radical (unpaired) electrons. The molecule has 52 heavy (non-hydrogen) atoms. The minimum Gasteiger partial charge on any atom is -0.228 e. The molecule has 9 aromatic carbocycles. The average molecular weight is 661 g/mol. The van der Waals surface area contributed by atoms with Crippen molar-refractivity contribution in [2.24, 2.45) is 0 Å². The van der Waals surface area contributed by atoms with Crippen LogP contribution in [0.5, 0.6) is 0 Å². The van der Waals surface area contributed by atoms with Crippen LogP contribution in [-0.4, -0.2) is 9.97 Å². The van der Waals surface area contributed by atoms with E-state index in [2.05, 4.69) is 194 Å². The van der Waals surface area contributed by atoms with Crippen molar-refractivity contribution in [3.63, 3.8) is 0 Å². The highest BCUT2D eigenvalue weighted by Crippen LogP contribution is 2.40. The molecule has 0 saturated carbocycles. The van der Waals surface area contributed by atoms with Crippen LogP contribution in [0.25, 0.3) is 99.2 Å². The van der Waals surface area contributed by atoms with Gasteiger partial charge in [-0.3, -0.25) is 0 Å². The molecule has 2 heteroatoms. The van der Waals surface area contributed by atoms with Gasteiger partial charge in [0.25, 0.3) is 0 Å². The molecular weight excluding hydrogens is 629 g/mol. The molecule has 0 spiro atoms. The Morgan fingerprint density at radius 2 is 0.827 bits per heavy atom. The van der Waals surface area contributed by atoms with Crippen molar-refractivity contribution in [3.05, 3.63) is 194 Å². The van der Waals surface area contributed by atoms with Crippen molar-refractivity contribution >= 4 is 43.1 Å². The summed E-state index contributed by atoms with van der Waals surface area (Å²) in [5, 5.41) is 9.56. The van der Waals surface area contributed by atoms with Gasteiger partial charge in [0.2, 0.25) is 0 Å². The largest absolute Gasteiger partial charge is 0.228 e. The molecule has 0 N–H and O–H groups in total. The molecule has 0 bridgehead atoms. The highest BCUT2D eigenvalue weighted by atomic mass is 14.9. The van der Waals surface area contributed by atoms with E-state index in [1.165, 1.54) is 49.0 Å². The van der Waals surface area contributed by atoms with Crippen LogP contribution in [0, 0.1) is 0 Å². The summed E-state index contributed by atoms with van der Waals surface area (Å²) in [5.41, 5.74) is 9.65. The topological polar surface area (TPSA) is 25.8 Å². The molecule has 2 nitrogen and oxygen atoms in total. The maximum absolute atomic E-state index is 5.43. The van der Waals surface area contributed by atoms with Gasteiger partial charge >= 0.3 is 0 Å². The third-order valence-electron chi connectivity index (χ3n) is 10.3. The summed E-state index contributed by atoms with van der Waals surface area (Å²) < 4.78 is 0. The number of rotatable bonds is 5. The predicted octanol–water partition coefficient (Wildman–Crippen LogP) is 13.4. The molecule has 0 fully saturated rings. The molecule has 10 aromatic rings. The van der Waals surface area contributed by atoms with Crippen LogP contribution in [0.1, 0.15) is 0 Å². The van der Waals surface area contributed by atoms with E-state index in [9.17, 15) is 0 Å². The fraction of sp³-hybridized carbons (Fsp3) is 0. The van der Waals surface area contributed by atoms with Crippen molar-refractivity contribution < 1.29 is 0 Å². The molecule has 0 unspecified atom stereocenters. The summed E-state index contributed by atoms with van der Waals surface area (Å²) in [5.74, 6) is 0.715. The summed E-state index contributed by atoms with van der Waals surface area (Å²) >= 11 is 0. The average Bonchev–Trinajstić information content (AvgIpc) is 3.23. The van der Waals surface area contributed by atoms with E-state index in [-0.39, 0.29) is 0 Å². The van der Waals surface area contributed by atoms with E-state index in [0.717, 1.165) is 44.4 Å². The van der Waals surface area contributed by atoms with Crippen LogP contribution in [0.15, 0.2) is 194 Å². The maximum Gasteiger partial charge on any atom is 0.161 e. The second-order valence-electron chi connectivity index (χ2n) is 13.4. The summed E-state index contributed by atoms with van der Waals surface area (Å²) in [6, 6.07) is 69.3. The smallest absolute Gasteiger partial charge is 0.161 e. The zero-order valence-electron chi connectivity index (χ0n) is 28.4. The monoisotopic (exact) mass is 660 g/mol. The molecule has 0 aliphatic heterocycles. The normalized spacial score (nSPS) is 11.5. The molecule has 1 aromatic heterocycles. The molecule has 242 valence electrons. The van der Waals surface area contributed by atoms with Gasteiger partial charge < -0.3 is 0 Å². The van der Waals surface area contributed by atoms with Crippen LogP contribution >= 0.6 is 0 Å². The molecular formula is C50H32N2. The second kappa shape index (κ2) is 12.5. The van der Waals surface area contributed by atoms with Crippen molar-refractivity contribution in [2.75, 3.05) is 0 Å². The molecule has 1 heterocycles. The lowest BCUT2D eigenvalue weighted by Gasteiger charge is -2.15. The molecule has 0 aliphatic rings. The Bertz CT molecular complexity index is 2940. The molecule has 10 rings (SSSR count). The summed E-state index contributed by atoms with van der Waals surface area (Å²) in [7, 11) is 0. The second-order valence-corrected chi connectivity index (χ2v) is 13.4. The van der Waals surface area contributed by atoms with E-state index < -0.39 is 0 Å². The Morgan fingerprint density at radius 3 is 1.63 bits per heavy atom. The van der Waals surface area contributed by atoms with E-state index in [1.807, 2.05) is 0 Å². The highest BCUT2D eigenvalue weighted by molar-refractivity contribution is 6.19. The van der Waals surface area contributed by atoms with Crippen LogP contribution in [0.4, 0.5) is 0 Å². The minimum absolute atomic E-state index is 0.715. The van der Waals surface area contributed by atoms with E-state index in [0.29, 0.717) is 5.82 Å². The number of fused-ring (bicyclic) bond motifs is 5. The van der Waals surface area contributed by atoms with Gasteiger partial charge in [-0.05, 0) is 83.5 Å². The quantitative estimate of drug-likeness (QED) is 0.136. The standard InChI is InChI=1S/C50H32N2/c1-2-12-33(13-3-1)34-24-26-37(27-25-34)47-32-48(40-19-10-18-38(30-40)43-23-11-17-35-14-4-7-20-41(35)43)52-50(51-47)49-44-22-9-6-16-39(44)31-46-42-21-8-5-15-36(42)28-29-45(46)49/h1-32H. The van der Waals surface area contributed by atoms with Gasteiger partial charge in [0.15, 0.2) is 5.82 Å². The van der Waals surface area contributed by atoms with E-state index in [4.69, 9.17) is 9.97 Å². The van der Waals surface area contributed by atoms with E-state index in [1.54, 1.807) is 0 Å². The molecule has 0 aliphatic carbocycles. The summed E-state index contributed by atoms with van der Waals surface area (Å²) in [6.07, 6.45) is 0. The first kappa shape index (κ1) is 30.0. The fourth-order valence-electron chi connectivity index (χ4n) is 7.70. The third-order valence-corrected chi connectivity index (χ3v) is 10.3. The third kappa shape index (κ3) is 5.21. The first-order valence-electron chi connectivity index (χ1n) is 17.7. The van der Waals surface area contributed by atoms with Gasteiger partial charge in [-0.2, -0.15) is 0 Å². The maximum atomic E-state index is 5.43. The van der Waals surface area contributed by atoms with Crippen molar-refractivity contribution in [3.8, 4) is 56.2 Å². The Balaban J connectivity index is 1.22. The Labute approximate surface area is 302 Å². The SMILES string of the molecule is c1ccc(-c2ccc(-c3cc(-c4cccc(-c5cccc6ccccc56)c4)nc(-c4c5ccccc5cc5c4ccc4ccccc45)n3)cc2)cc1. The number of hydrogen-bond acceptors (Lipinski definition) is 2. The summed E-state index contributed by atoms with van der Waals surface area (Å²) in [6.45, 7) is 0. The Kier molecular flexibility index (Phi) is 7.18. The van der Waals surface area contributed by atoms with Gasteiger partial charge in [0, 0.05) is 16.7 Å². The van der Waals surface area contributed by atoms with Crippen molar-refractivity contribution in [1.29, 1.82) is 0 Å². The summed E-state index contributed by atoms with van der Waals surface area (Å²) in [4.78, 5) is 10.8. The first-order valence-corrected chi connectivity index (χ1v) is 17.7. The van der Waals surface area contributed by atoms with Crippen LogP contribution < -0.4 is 0 Å².